The Balaban J connectivity index is 0.970. The van der Waals surface area contributed by atoms with Gasteiger partial charge in [0.25, 0.3) is 11.4 Å². The Hall–Kier alpha value is -5.13. The highest BCUT2D eigenvalue weighted by atomic mass is 16.6. The van der Waals surface area contributed by atoms with E-state index in [2.05, 4.69) is 64.8 Å². The van der Waals surface area contributed by atoms with Crippen LogP contribution in [0.4, 0.5) is 11.4 Å². The molecule has 5 aliphatic carbocycles. The van der Waals surface area contributed by atoms with Crippen molar-refractivity contribution in [3.05, 3.63) is 104 Å². The largest absolute Gasteiger partial charge is 0.349 e. The lowest BCUT2D eigenvalue weighted by molar-refractivity contribution is -0.385. The normalized spacial score (nSPS) is 34.1. The molecule has 2 aromatic rings. The molecule has 342 valence electrons. The van der Waals surface area contributed by atoms with Crippen LogP contribution < -0.4 is 5.32 Å². The maximum absolute atomic E-state index is 15.2. The number of fused-ring (bicyclic) bond motifs is 7. The van der Waals surface area contributed by atoms with Crippen molar-refractivity contribution in [1.29, 1.82) is 0 Å². The van der Waals surface area contributed by atoms with Crippen molar-refractivity contribution in [2.45, 2.75) is 119 Å². The molecule has 2 aromatic carbocycles. The molecule has 0 bridgehead atoms. The zero-order chi connectivity index (χ0) is 46.0. The summed E-state index contributed by atoms with van der Waals surface area (Å²) >= 11 is 0. The molecule has 6 aliphatic rings. The molecule has 12 heteroatoms. The molecular weight excluding hydrogens is 807 g/mol. The van der Waals surface area contributed by atoms with Crippen molar-refractivity contribution in [1.82, 2.24) is 15.1 Å². The van der Waals surface area contributed by atoms with Crippen LogP contribution in [-0.2, 0) is 14.4 Å². The number of nitrogens with one attached hydrogen (secondary N) is 1. The average molecular weight is 874 g/mol. The molecule has 1 N–H and O–H groups in total. The minimum Gasteiger partial charge on any atom is -0.349 e. The van der Waals surface area contributed by atoms with E-state index >= 15 is 4.79 Å². The SMILES string of the molecule is CC1(C)CC[C@]2(C(=O)N3CCN(C(=O)/C=C/c4ccc([N+](=O)[O-])cc4)CC3)CC[C@]3(C)C(=CC[C@@H]4[C@@]5(C)CC[C@H](NC(=O)/C=C/c6ccc([N+](=O)[O-])cc6)C(C)(C)[C@@H]5CC[C@]43C)[C@@H]2C1. The van der Waals surface area contributed by atoms with Crippen molar-refractivity contribution < 1.29 is 24.2 Å². The minimum absolute atomic E-state index is 0.00765. The third kappa shape index (κ3) is 7.70. The molecule has 1 saturated heterocycles. The number of benzene rings is 2. The second kappa shape index (κ2) is 16.4. The van der Waals surface area contributed by atoms with E-state index in [1.807, 2.05) is 0 Å². The molecular formula is C52H67N5O7. The van der Waals surface area contributed by atoms with Crippen LogP contribution in [0, 0.1) is 70.5 Å². The van der Waals surface area contributed by atoms with Gasteiger partial charge in [-0.25, -0.2) is 0 Å². The molecule has 1 aliphatic heterocycles. The van der Waals surface area contributed by atoms with E-state index in [0.717, 1.165) is 69.8 Å². The molecule has 0 unspecified atom stereocenters. The number of non-ortho nitro benzene ring substituents is 2. The van der Waals surface area contributed by atoms with Gasteiger partial charge >= 0.3 is 0 Å². The van der Waals surface area contributed by atoms with E-state index in [9.17, 15) is 29.8 Å². The Morgan fingerprint density at radius 2 is 1.25 bits per heavy atom. The summed E-state index contributed by atoms with van der Waals surface area (Å²) in [5.74, 6) is 1.09. The fourth-order valence-electron chi connectivity index (χ4n) is 14.4. The van der Waals surface area contributed by atoms with Crippen LogP contribution in [0.25, 0.3) is 12.2 Å². The molecule has 3 amide bonds. The van der Waals surface area contributed by atoms with Crippen molar-refractivity contribution in [2.75, 3.05) is 26.2 Å². The predicted molar refractivity (Wildman–Crippen MR) is 248 cm³/mol. The average Bonchev–Trinajstić information content (AvgIpc) is 3.26. The molecule has 8 atom stereocenters. The molecule has 0 radical (unpaired) electrons. The number of nitrogens with zero attached hydrogens (tertiary/aromatic N) is 4. The highest BCUT2D eigenvalue weighted by Gasteiger charge is 2.69. The molecule has 0 spiro atoms. The highest BCUT2D eigenvalue weighted by molar-refractivity contribution is 5.93. The number of carbonyl (C=O) groups is 3. The molecule has 64 heavy (non-hydrogen) atoms. The van der Waals surface area contributed by atoms with Gasteiger partial charge in [-0.15, -0.1) is 0 Å². The molecule has 8 rings (SSSR count). The summed E-state index contributed by atoms with van der Waals surface area (Å²) in [5, 5.41) is 25.5. The number of amides is 3. The number of hydrogen-bond acceptors (Lipinski definition) is 7. The van der Waals surface area contributed by atoms with E-state index in [1.165, 1.54) is 35.9 Å². The van der Waals surface area contributed by atoms with Gasteiger partial charge in [0.15, 0.2) is 0 Å². The van der Waals surface area contributed by atoms with Crippen molar-refractivity contribution in [3.63, 3.8) is 0 Å². The minimum atomic E-state index is -0.446. The van der Waals surface area contributed by atoms with Gasteiger partial charge in [-0.05, 0) is 157 Å². The van der Waals surface area contributed by atoms with Crippen LogP contribution >= 0.6 is 0 Å². The number of nitro groups is 2. The van der Waals surface area contributed by atoms with Gasteiger partial charge in [0.2, 0.25) is 17.7 Å². The summed E-state index contributed by atoms with van der Waals surface area (Å²) in [4.78, 5) is 66.9. The van der Waals surface area contributed by atoms with E-state index in [1.54, 1.807) is 47.4 Å². The number of piperazine rings is 1. The van der Waals surface area contributed by atoms with Crippen LogP contribution in [0.3, 0.4) is 0 Å². The molecule has 5 fully saturated rings. The number of hydrogen-bond donors (Lipinski definition) is 1. The molecule has 12 nitrogen and oxygen atoms in total. The predicted octanol–water partition coefficient (Wildman–Crippen LogP) is 10.2. The number of rotatable bonds is 8. The standard InChI is InChI=1S/C52H67N5O7/c1-47(2)26-28-52(46(60)55-32-30-54(31-33-55)45(59)21-13-36-10-16-38(17-11-36)57(63)64)29-27-50(6)39(40(52)34-47)18-19-42-49(5)24-23-43(48(3,4)41(49)22-25-51(42,50)7)53-44(58)20-12-35-8-14-37(15-9-35)56(61)62/h8-18,20-21,40-43H,19,22-34H2,1-7H3,(H,53,58)/b20-12+,21-13+/t40-,41-,42+,43-,49-,50+,51+,52-/m0/s1. The second-order valence-electron chi connectivity index (χ2n) is 22.3. The van der Waals surface area contributed by atoms with E-state index in [4.69, 9.17) is 0 Å². The Morgan fingerprint density at radius 3 is 1.84 bits per heavy atom. The Bertz CT molecular complexity index is 2290. The Labute approximate surface area is 378 Å². The first-order valence-corrected chi connectivity index (χ1v) is 23.6. The number of carbonyl (C=O) groups excluding carboxylic acids is 3. The van der Waals surface area contributed by atoms with Crippen LogP contribution in [0.5, 0.6) is 0 Å². The van der Waals surface area contributed by atoms with Crippen molar-refractivity contribution in [2.24, 2.45) is 50.2 Å². The first kappa shape index (κ1) is 45.4. The topological polar surface area (TPSA) is 156 Å². The molecule has 4 saturated carbocycles. The van der Waals surface area contributed by atoms with Gasteiger partial charge in [0, 0.05) is 68.6 Å². The third-order valence-electron chi connectivity index (χ3n) is 18.3. The second-order valence-corrected chi connectivity index (χ2v) is 22.3. The van der Waals surface area contributed by atoms with Crippen molar-refractivity contribution in [3.8, 4) is 0 Å². The lowest BCUT2D eigenvalue weighted by Crippen LogP contribution is -2.67. The summed E-state index contributed by atoms with van der Waals surface area (Å²) in [6.45, 7) is 19.1. The van der Waals surface area contributed by atoms with E-state index in [0.29, 0.717) is 43.6 Å². The van der Waals surface area contributed by atoms with Crippen LogP contribution in [0.15, 0.2) is 72.3 Å². The van der Waals surface area contributed by atoms with Gasteiger partial charge in [-0.1, -0.05) is 60.1 Å². The lowest BCUT2D eigenvalue weighted by atomic mass is 9.33. The Morgan fingerprint density at radius 1 is 0.688 bits per heavy atom. The maximum Gasteiger partial charge on any atom is 0.269 e. The van der Waals surface area contributed by atoms with Crippen LogP contribution in [0.2, 0.25) is 0 Å². The fraction of sp³-hybridized carbons (Fsp3) is 0.596. The van der Waals surface area contributed by atoms with Gasteiger partial charge in [0.1, 0.15) is 0 Å². The molecule has 0 aromatic heterocycles. The quantitative estimate of drug-likeness (QED) is 0.120. The van der Waals surface area contributed by atoms with Crippen LogP contribution in [0.1, 0.15) is 124 Å². The highest BCUT2D eigenvalue weighted by Crippen LogP contribution is 2.76. The van der Waals surface area contributed by atoms with Gasteiger partial charge in [0.05, 0.1) is 15.3 Å². The first-order valence-electron chi connectivity index (χ1n) is 23.6. The fourth-order valence-corrected chi connectivity index (χ4v) is 14.4. The molecule has 1 heterocycles. The summed E-state index contributed by atoms with van der Waals surface area (Å²) in [5.41, 5.74) is 2.68. The van der Waals surface area contributed by atoms with Crippen molar-refractivity contribution >= 4 is 41.2 Å². The number of allylic oxidation sites excluding steroid dienone is 2. The monoisotopic (exact) mass is 874 g/mol. The smallest absolute Gasteiger partial charge is 0.269 e. The zero-order valence-corrected chi connectivity index (χ0v) is 38.9. The summed E-state index contributed by atoms with van der Waals surface area (Å²) in [6.07, 6.45) is 19.0. The third-order valence-corrected chi connectivity index (χ3v) is 18.3. The van der Waals surface area contributed by atoms with E-state index in [-0.39, 0.29) is 68.1 Å². The zero-order valence-electron chi connectivity index (χ0n) is 38.9. The van der Waals surface area contributed by atoms with Gasteiger partial charge in [-0.3, -0.25) is 34.6 Å². The summed E-state index contributed by atoms with van der Waals surface area (Å²) < 4.78 is 0. The summed E-state index contributed by atoms with van der Waals surface area (Å²) in [6, 6.07) is 12.4. The number of nitro benzene ring substituents is 2. The first-order chi connectivity index (χ1) is 30.1. The van der Waals surface area contributed by atoms with Gasteiger partial charge in [-0.2, -0.15) is 0 Å². The Kier molecular flexibility index (Phi) is 11.6. The maximum atomic E-state index is 15.2. The lowest BCUT2D eigenvalue weighted by Gasteiger charge is -2.71. The van der Waals surface area contributed by atoms with E-state index < -0.39 is 15.3 Å². The van der Waals surface area contributed by atoms with Gasteiger partial charge < -0.3 is 15.1 Å². The van der Waals surface area contributed by atoms with Crippen LogP contribution in [-0.4, -0.2) is 69.6 Å². The summed E-state index contributed by atoms with van der Waals surface area (Å²) in [7, 11) is 0.